The Morgan fingerprint density at radius 1 is 1.22 bits per heavy atom. The lowest BCUT2D eigenvalue weighted by molar-refractivity contribution is 0.256. The molecule has 1 fully saturated rings. The van der Waals surface area contributed by atoms with Gasteiger partial charge in [-0.3, -0.25) is 0 Å². The van der Waals surface area contributed by atoms with Gasteiger partial charge in [-0.15, -0.1) is 0 Å². The third kappa shape index (κ3) is 6.04. The first kappa shape index (κ1) is 21.4. The minimum atomic E-state index is -3.92. The Bertz CT molecular complexity index is 784. The first-order chi connectivity index (χ1) is 12.6. The molecule has 0 aliphatic carbocycles. The zero-order chi connectivity index (χ0) is 20.2. The van der Waals surface area contributed by atoms with E-state index in [1.807, 2.05) is 32.4 Å². The van der Waals surface area contributed by atoms with Crippen molar-refractivity contribution in [2.45, 2.75) is 58.4 Å². The summed E-state index contributed by atoms with van der Waals surface area (Å²) in [5.74, 6) is -0.468. The van der Waals surface area contributed by atoms with Crippen molar-refractivity contribution in [3.8, 4) is 0 Å². The van der Waals surface area contributed by atoms with Crippen LogP contribution in [0.2, 0.25) is 0 Å². The summed E-state index contributed by atoms with van der Waals surface area (Å²) in [6, 6.07) is 1.87. The molecule has 0 aromatic heterocycles. The molecule has 0 bridgehead atoms. The van der Waals surface area contributed by atoms with Crippen LogP contribution >= 0.6 is 0 Å². The second kappa shape index (κ2) is 8.84. The number of carbonyl (C=O) groups is 1. The van der Waals surface area contributed by atoms with Gasteiger partial charge < -0.3 is 10.6 Å². The van der Waals surface area contributed by atoms with Crippen LogP contribution in [0.15, 0.2) is 23.6 Å². The van der Waals surface area contributed by atoms with Crippen LogP contribution in [0.4, 0.5) is 14.9 Å². The molecule has 1 heterocycles. The van der Waals surface area contributed by atoms with Crippen LogP contribution in [0.5, 0.6) is 0 Å². The quantitative estimate of drug-likeness (QED) is 0.682. The number of hydrogen-bond acceptors (Lipinski definition) is 4. The molecule has 0 unspecified atom stereocenters. The summed E-state index contributed by atoms with van der Waals surface area (Å²) >= 11 is 0. The number of halogens is 1. The monoisotopic (exact) mass is 397 g/mol. The van der Waals surface area contributed by atoms with E-state index in [-0.39, 0.29) is 23.7 Å². The maximum atomic E-state index is 13.9. The van der Waals surface area contributed by atoms with Crippen molar-refractivity contribution < 1.29 is 17.6 Å². The van der Waals surface area contributed by atoms with Gasteiger partial charge in [-0.05, 0) is 54.5 Å². The van der Waals surface area contributed by atoms with E-state index in [0.717, 1.165) is 24.8 Å². The molecule has 2 rings (SSSR count). The lowest BCUT2D eigenvalue weighted by atomic mass is 9.92. The van der Waals surface area contributed by atoms with Gasteiger partial charge in [0.05, 0.1) is 0 Å². The van der Waals surface area contributed by atoms with E-state index < -0.39 is 16.1 Å². The van der Waals surface area contributed by atoms with E-state index in [0.29, 0.717) is 16.8 Å². The number of benzene rings is 1. The Kier molecular flexibility index (Phi) is 7.00. The zero-order valence-corrected chi connectivity index (χ0v) is 17.0. The fourth-order valence-electron chi connectivity index (χ4n) is 3.08. The number of hydrogen-bond donors (Lipinski definition) is 3. The minimum Gasteiger partial charge on any atom is -0.310 e. The average Bonchev–Trinajstić information content (AvgIpc) is 3.07. The second-order valence-electron chi connectivity index (χ2n) is 7.40. The topological polar surface area (TPSA) is 87.3 Å². The predicted molar refractivity (Wildman–Crippen MR) is 106 cm³/mol. The van der Waals surface area contributed by atoms with Gasteiger partial charge in [0, 0.05) is 17.1 Å². The van der Waals surface area contributed by atoms with Crippen molar-refractivity contribution in [3.63, 3.8) is 0 Å². The van der Waals surface area contributed by atoms with Gasteiger partial charge in [0.1, 0.15) is 5.82 Å². The first-order valence-corrected chi connectivity index (χ1v) is 10.7. The molecule has 1 saturated heterocycles. The number of sulfonamides is 1. The first-order valence-electron chi connectivity index (χ1n) is 9.17. The minimum absolute atomic E-state index is 0.00169. The van der Waals surface area contributed by atoms with Gasteiger partial charge in [-0.2, -0.15) is 0 Å². The van der Waals surface area contributed by atoms with Gasteiger partial charge in [0.15, 0.2) is 0 Å². The number of anilines is 1. The van der Waals surface area contributed by atoms with Gasteiger partial charge in [0.25, 0.3) is 10.0 Å². The molecule has 3 N–H and O–H groups in total. The maximum Gasteiger partial charge on any atom is 0.333 e. The molecule has 0 spiro atoms. The third-order valence-electron chi connectivity index (χ3n) is 4.47. The maximum absolute atomic E-state index is 13.9. The Labute approximate surface area is 160 Å². The highest BCUT2D eigenvalue weighted by molar-refractivity contribution is 7.92. The predicted octanol–water partition coefficient (Wildman–Crippen LogP) is 3.79. The molecule has 1 aromatic rings. The summed E-state index contributed by atoms with van der Waals surface area (Å²) in [4.78, 5) is 12.3. The number of urea groups is 1. The van der Waals surface area contributed by atoms with Crippen LogP contribution in [0.1, 0.15) is 63.5 Å². The van der Waals surface area contributed by atoms with Gasteiger partial charge in [0.2, 0.25) is 0 Å². The molecule has 6 nitrogen and oxygen atoms in total. The highest BCUT2D eigenvalue weighted by Crippen LogP contribution is 2.33. The van der Waals surface area contributed by atoms with E-state index in [4.69, 9.17) is 0 Å². The smallest absolute Gasteiger partial charge is 0.310 e. The molecule has 27 heavy (non-hydrogen) atoms. The molecule has 1 aliphatic rings. The van der Waals surface area contributed by atoms with Crippen molar-refractivity contribution in [3.05, 3.63) is 40.6 Å². The van der Waals surface area contributed by atoms with Crippen molar-refractivity contribution in [1.29, 1.82) is 0 Å². The zero-order valence-electron chi connectivity index (χ0n) is 16.2. The van der Waals surface area contributed by atoms with E-state index in [1.165, 1.54) is 12.1 Å². The van der Waals surface area contributed by atoms with Crippen LogP contribution in [-0.4, -0.2) is 27.0 Å². The summed E-state index contributed by atoms with van der Waals surface area (Å²) in [5.41, 5.74) is 1.70. The Morgan fingerprint density at radius 2 is 1.81 bits per heavy atom. The van der Waals surface area contributed by atoms with Gasteiger partial charge in [-0.1, -0.05) is 33.8 Å². The number of nitrogens with one attached hydrogen (secondary N) is 3. The van der Waals surface area contributed by atoms with Gasteiger partial charge >= 0.3 is 6.03 Å². The average molecular weight is 398 g/mol. The fourth-order valence-corrected chi connectivity index (χ4v) is 3.86. The van der Waals surface area contributed by atoms with E-state index in [2.05, 4.69) is 10.6 Å². The Hall–Kier alpha value is -1.93. The third-order valence-corrected chi connectivity index (χ3v) is 5.46. The van der Waals surface area contributed by atoms with Crippen LogP contribution in [0.25, 0.3) is 0 Å². The molecular formula is C19H28FN3O3S. The van der Waals surface area contributed by atoms with Crippen LogP contribution in [-0.2, 0) is 10.0 Å². The summed E-state index contributed by atoms with van der Waals surface area (Å²) < 4.78 is 40.2. The lowest BCUT2D eigenvalue weighted by Gasteiger charge is -2.20. The van der Waals surface area contributed by atoms with Crippen molar-refractivity contribution in [2.24, 2.45) is 0 Å². The van der Waals surface area contributed by atoms with Crippen molar-refractivity contribution in [1.82, 2.24) is 10.0 Å². The SMILES string of the molecule is CC(C)c1cc(F)cc(C(C)C)c1NC(=O)NS(=O)(=O)/C=C/[C@@H]1CCCN1. The summed E-state index contributed by atoms with van der Waals surface area (Å²) in [6.45, 7) is 8.39. The highest BCUT2D eigenvalue weighted by Gasteiger charge is 2.20. The number of carbonyl (C=O) groups excluding carboxylic acids is 1. The molecule has 1 atom stereocenters. The highest BCUT2D eigenvalue weighted by atomic mass is 32.2. The molecule has 2 amide bonds. The Morgan fingerprint density at radius 3 is 2.30 bits per heavy atom. The molecule has 8 heteroatoms. The summed E-state index contributed by atoms with van der Waals surface area (Å²) in [5, 5.41) is 6.77. The molecule has 0 radical (unpaired) electrons. The van der Waals surface area contributed by atoms with Crippen LogP contribution in [0, 0.1) is 5.82 Å². The lowest BCUT2D eigenvalue weighted by Crippen LogP contribution is -2.34. The largest absolute Gasteiger partial charge is 0.333 e. The second-order valence-corrected chi connectivity index (χ2v) is 8.97. The van der Waals surface area contributed by atoms with Crippen molar-refractivity contribution >= 4 is 21.7 Å². The van der Waals surface area contributed by atoms with Crippen molar-refractivity contribution in [2.75, 3.05) is 11.9 Å². The molecule has 0 saturated carbocycles. The fraction of sp³-hybridized carbons (Fsp3) is 0.526. The number of amides is 2. The van der Waals surface area contributed by atoms with Crippen LogP contribution < -0.4 is 15.4 Å². The number of rotatable bonds is 6. The van der Waals surface area contributed by atoms with E-state index >= 15 is 0 Å². The van der Waals surface area contributed by atoms with Gasteiger partial charge in [-0.25, -0.2) is 22.3 Å². The normalized spacial score (nSPS) is 17.8. The molecule has 1 aromatic carbocycles. The standard InChI is InChI=1S/C19H28FN3O3S/c1-12(2)16-10-14(20)11-17(13(3)4)18(16)22-19(24)23-27(25,26)9-7-15-6-5-8-21-15/h7,9-13,15,21H,5-6,8H2,1-4H3,(H2,22,23,24)/b9-7+/t15-/m0/s1. The molecule has 150 valence electrons. The summed E-state index contributed by atoms with van der Waals surface area (Å²) in [6.07, 6.45) is 3.40. The Balaban J connectivity index is 2.19. The van der Waals surface area contributed by atoms with E-state index in [1.54, 1.807) is 6.08 Å². The van der Waals surface area contributed by atoms with Crippen LogP contribution in [0.3, 0.4) is 0 Å². The molecule has 1 aliphatic heterocycles. The molecular weight excluding hydrogens is 369 g/mol. The van der Waals surface area contributed by atoms with E-state index in [9.17, 15) is 17.6 Å². The summed E-state index contributed by atoms with van der Waals surface area (Å²) in [7, 11) is -3.92.